The van der Waals surface area contributed by atoms with E-state index in [2.05, 4.69) is 11.9 Å². The van der Waals surface area contributed by atoms with Gasteiger partial charge in [-0.05, 0) is 23.6 Å². The predicted molar refractivity (Wildman–Crippen MR) is 120 cm³/mol. The SMILES string of the molecule is CCCCn1nc(-c2ccccc2)nc1Cc1ccc(-c2cccnc2C(=O)O)cc1. The molecule has 0 radical (unpaired) electrons. The monoisotopic (exact) mass is 412 g/mol. The van der Waals surface area contributed by atoms with Crippen molar-refractivity contribution in [2.45, 2.75) is 32.7 Å². The molecule has 0 aliphatic heterocycles. The van der Waals surface area contributed by atoms with Gasteiger partial charge in [-0.2, -0.15) is 5.10 Å². The first kappa shape index (κ1) is 20.5. The van der Waals surface area contributed by atoms with Gasteiger partial charge < -0.3 is 5.11 Å². The Morgan fingerprint density at radius 2 is 1.74 bits per heavy atom. The van der Waals surface area contributed by atoms with Gasteiger partial charge in [-0.3, -0.25) is 0 Å². The number of nitrogens with zero attached hydrogens (tertiary/aromatic N) is 4. The van der Waals surface area contributed by atoms with Gasteiger partial charge in [-0.1, -0.05) is 74.0 Å². The molecule has 156 valence electrons. The summed E-state index contributed by atoms with van der Waals surface area (Å²) in [4.78, 5) is 20.3. The lowest BCUT2D eigenvalue weighted by molar-refractivity contribution is 0.0691. The Balaban J connectivity index is 1.60. The number of carbonyl (C=O) groups is 1. The summed E-state index contributed by atoms with van der Waals surface area (Å²) in [5.41, 5.74) is 3.59. The fraction of sp³-hybridized carbons (Fsp3) is 0.200. The highest BCUT2D eigenvalue weighted by Crippen LogP contribution is 2.24. The van der Waals surface area contributed by atoms with Gasteiger partial charge in [-0.25, -0.2) is 19.4 Å². The summed E-state index contributed by atoms with van der Waals surface area (Å²) in [6.07, 6.45) is 4.28. The number of benzene rings is 2. The van der Waals surface area contributed by atoms with Crippen molar-refractivity contribution in [3.05, 3.63) is 90.0 Å². The number of carboxylic acid groups (broad SMARTS) is 1. The maximum atomic E-state index is 11.5. The van der Waals surface area contributed by atoms with Gasteiger partial charge >= 0.3 is 5.97 Å². The Morgan fingerprint density at radius 1 is 0.968 bits per heavy atom. The van der Waals surface area contributed by atoms with Crippen LogP contribution in [0, 0.1) is 0 Å². The van der Waals surface area contributed by atoms with Crippen LogP contribution >= 0.6 is 0 Å². The van der Waals surface area contributed by atoms with Crippen LogP contribution in [0.4, 0.5) is 0 Å². The van der Waals surface area contributed by atoms with E-state index in [1.165, 1.54) is 6.20 Å². The van der Waals surface area contributed by atoms with E-state index in [0.717, 1.165) is 47.7 Å². The molecule has 0 aliphatic carbocycles. The molecule has 0 atom stereocenters. The average molecular weight is 412 g/mol. The standard InChI is InChI=1S/C25H24N4O2/c1-2-3-16-29-22(27-24(28-29)20-8-5-4-6-9-20)17-18-11-13-19(14-12-18)21-10-7-15-26-23(21)25(30)31/h4-15H,2-3,16-17H2,1H3,(H,30,31). The number of aromatic nitrogens is 4. The number of rotatable bonds is 8. The Labute approximate surface area is 181 Å². The van der Waals surface area contributed by atoms with Gasteiger partial charge in [0, 0.05) is 30.3 Å². The molecule has 2 aromatic heterocycles. The van der Waals surface area contributed by atoms with Crippen molar-refractivity contribution in [1.29, 1.82) is 0 Å². The largest absolute Gasteiger partial charge is 0.476 e. The second-order valence-corrected chi connectivity index (χ2v) is 7.37. The molecular weight excluding hydrogens is 388 g/mol. The Bertz CT molecular complexity index is 1170. The van der Waals surface area contributed by atoms with Crippen LogP contribution in [0.5, 0.6) is 0 Å². The van der Waals surface area contributed by atoms with Crippen molar-refractivity contribution in [2.24, 2.45) is 0 Å². The van der Waals surface area contributed by atoms with Crippen LogP contribution in [0.25, 0.3) is 22.5 Å². The van der Waals surface area contributed by atoms with Gasteiger partial charge in [0.2, 0.25) is 0 Å². The minimum absolute atomic E-state index is 0.0575. The zero-order valence-corrected chi connectivity index (χ0v) is 17.4. The van der Waals surface area contributed by atoms with Gasteiger partial charge in [0.1, 0.15) is 5.82 Å². The third-order valence-electron chi connectivity index (χ3n) is 5.14. The third-order valence-corrected chi connectivity index (χ3v) is 5.14. The molecule has 0 spiro atoms. The van der Waals surface area contributed by atoms with Crippen molar-refractivity contribution in [3.8, 4) is 22.5 Å². The first-order chi connectivity index (χ1) is 15.2. The highest BCUT2D eigenvalue weighted by molar-refractivity contribution is 5.93. The second-order valence-electron chi connectivity index (χ2n) is 7.37. The van der Waals surface area contributed by atoms with Crippen LogP contribution in [0.2, 0.25) is 0 Å². The highest BCUT2D eigenvalue weighted by Gasteiger charge is 2.14. The predicted octanol–water partition coefficient (Wildman–Crippen LogP) is 5.10. The number of hydrogen-bond acceptors (Lipinski definition) is 4. The molecule has 6 nitrogen and oxygen atoms in total. The lowest BCUT2D eigenvalue weighted by Crippen LogP contribution is -2.06. The maximum absolute atomic E-state index is 11.5. The number of aryl methyl sites for hydroxylation is 1. The normalized spacial score (nSPS) is 10.9. The number of pyridine rings is 1. The second kappa shape index (κ2) is 9.34. The maximum Gasteiger partial charge on any atom is 0.355 e. The van der Waals surface area contributed by atoms with Crippen molar-refractivity contribution in [1.82, 2.24) is 19.7 Å². The molecule has 0 saturated carbocycles. The molecule has 0 bridgehead atoms. The first-order valence-electron chi connectivity index (χ1n) is 10.4. The number of aromatic carboxylic acids is 1. The summed E-state index contributed by atoms with van der Waals surface area (Å²) in [7, 11) is 0. The molecule has 0 aliphatic rings. The molecule has 0 amide bonds. The van der Waals surface area contributed by atoms with Crippen LogP contribution in [-0.2, 0) is 13.0 Å². The van der Waals surface area contributed by atoms with Crippen LogP contribution in [0.3, 0.4) is 0 Å². The molecule has 0 unspecified atom stereocenters. The summed E-state index contributed by atoms with van der Waals surface area (Å²) < 4.78 is 2.00. The summed E-state index contributed by atoms with van der Waals surface area (Å²) >= 11 is 0. The van der Waals surface area contributed by atoms with Crippen LogP contribution in [-0.4, -0.2) is 30.8 Å². The van der Waals surface area contributed by atoms with Crippen molar-refractivity contribution in [2.75, 3.05) is 0 Å². The lowest BCUT2D eigenvalue weighted by Gasteiger charge is -2.08. The minimum Gasteiger partial charge on any atom is -0.476 e. The molecular formula is C25H24N4O2. The van der Waals surface area contributed by atoms with Gasteiger partial charge in [-0.15, -0.1) is 0 Å². The van der Waals surface area contributed by atoms with Crippen LogP contribution < -0.4 is 0 Å². The van der Waals surface area contributed by atoms with E-state index in [1.807, 2.05) is 59.3 Å². The number of unbranched alkanes of at least 4 members (excludes halogenated alkanes) is 1. The highest BCUT2D eigenvalue weighted by atomic mass is 16.4. The molecule has 2 heterocycles. The summed E-state index contributed by atoms with van der Waals surface area (Å²) in [5.74, 6) is 0.634. The van der Waals surface area contributed by atoms with E-state index in [4.69, 9.17) is 10.1 Å². The smallest absolute Gasteiger partial charge is 0.355 e. The molecule has 0 saturated heterocycles. The Hall–Kier alpha value is -3.80. The molecule has 31 heavy (non-hydrogen) atoms. The van der Waals surface area contributed by atoms with Crippen LogP contribution in [0.15, 0.2) is 72.9 Å². The molecule has 4 rings (SSSR count). The molecule has 2 aromatic carbocycles. The fourth-order valence-electron chi connectivity index (χ4n) is 3.50. The third kappa shape index (κ3) is 4.69. The van der Waals surface area contributed by atoms with Gasteiger partial charge in [0.25, 0.3) is 0 Å². The summed E-state index contributed by atoms with van der Waals surface area (Å²) in [6.45, 7) is 3.00. The fourth-order valence-corrected chi connectivity index (χ4v) is 3.50. The Morgan fingerprint density at radius 3 is 2.45 bits per heavy atom. The quantitative estimate of drug-likeness (QED) is 0.436. The van der Waals surface area contributed by atoms with Crippen LogP contribution in [0.1, 0.15) is 41.6 Å². The van der Waals surface area contributed by atoms with Crippen molar-refractivity contribution >= 4 is 5.97 Å². The average Bonchev–Trinajstić information content (AvgIpc) is 3.21. The molecule has 4 aromatic rings. The van der Waals surface area contributed by atoms with Gasteiger partial charge in [0.05, 0.1) is 0 Å². The van der Waals surface area contributed by atoms with E-state index in [0.29, 0.717) is 12.0 Å². The lowest BCUT2D eigenvalue weighted by atomic mass is 10.0. The zero-order chi connectivity index (χ0) is 21.6. The Kier molecular flexibility index (Phi) is 6.17. The minimum atomic E-state index is -1.03. The molecule has 0 fully saturated rings. The number of hydrogen-bond donors (Lipinski definition) is 1. The first-order valence-corrected chi connectivity index (χ1v) is 10.4. The van der Waals surface area contributed by atoms with E-state index < -0.39 is 5.97 Å². The van der Waals surface area contributed by atoms with Crippen molar-refractivity contribution in [3.63, 3.8) is 0 Å². The zero-order valence-electron chi connectivity index (χ0n) is 17.4. The van der Waals surface area contributed by atoms with E-state index in [9.17, 15) is 9.90 Å². The molecule has 6 heteroatoms. The van der Waals surface area contributed by atoms with E-state index in [-0.39, 0.29) is 5.69 Å². The van der Waals surface area contributed by atoms with Crippen molar-refractivity contribution < 1.29 is 9.90 Å². The number of carboxylic acids is 1. The topological polar surface area (TPSA) is 80.9 Å². The molecule has 1 N–H and O–H groups in total. The van der Waals surface area contributed by atoms with Gasteiger partial charge in [0.15, 0.2) is 11.5 Å². The van der Waals surface area contributed by atoms with E-state index in [1.54, 1.807) is 12.1 Å². The summed E-state index contributed by atoms with van der Waals surface area (Å²) in [5, 5.41) is 14.1. The summed E-state index contributed by atoms with van der Waals surface area (Å²) in [6, 6.07) is 21.4. The van der Waals surface area contributed by atoms with E-state index >= 15 is 0 Å².